The molecule has 2 aromatic carbocycles. The summed E-state index contributed by atoms with van der Waals surface area (Å²) in [6.07, 6.45) is 0. The number of hydrogen-bond acceptors (Lipinski definition) is 1. The zero-order valence-corrected chi connectivity index (χ0v) is 11.4. The minimum absolute atomic E-state index is 0.360. The Labute approximate surface area is 113 Å². The van der Waals surface area contributed by atoms with Gasteiger partial charge >= 0.3 is 0 Å². The lowest BCUT2D eigenvalue weighted by Gasteiger charge is -2.11. The van der Waals surface area contributed by atoms with E-state index in [-0.39, 0.29) is 11.6 Å². The topological polar surface area (TPSA) is 12.0 Å². The summed E-state index contributed by atoms with van der Waals surface area (Å²) in [7, 11) is 1.80. The van der Waals surface area contributed by atoms with Crippen LogP contribution in [0, 0.1) is 11.6 Å². The molecule has 0 spiro atoms. The molecule has 1 nitrogen and oxygen atoms in total. The van der Waals surface area contributed by atoms with Gasteiger partial charge in [-0.05, 0) is 48.5 Å². The van der Waals surface area contributed by atoms with E-state index in [0.717, 1.165) is 10.0 Å². The molecule has 0 bridgehead atoms. The van der Waals surface area contributed by atoms with Crippen LogP contribution in [0.25, 0.3) is 11.1 Å². The summed E-state index contributed by atoms with van der Waals surface area (Å²) in [5.41, 5.74) is 1.83. The molecule has 2 rings (SSSR count). The van der Waals surface area contributed by atoms with Crippen LogP contribution in [0.1, 0.15) is 5.56 Å². The van der Waals surface area contributed by atoms with Crippen molar-refractivity contribution in [2.24, 2.45) is 0 Å². The molecule has 94 valence electrons. The Morgan fingerprint density at radius 2 is 1.83 bits per heavy atom. The molecule has 0 saturated heterocycles. The fraction of sp³-hybridized carbons (Fsp3) is 0.143. The highest BCUT2D eigenvalue weighted by molar-refractivity contribution is 9.10. The van der Waals surface area contributed by atoms with Crippen LogP contribution in [0.15, 0.2) is 40.9 Å². The normalized spacial score (nSPS) is 10.7. The SMILES string of the molecule is CNCc1ccc(F)cc1-c1cc(Br)ccc1F. The molecule has 0 aromatic heterocycles. The van der Waals surface area contributed by atoms with Crippen LogP contribution in [0.4, 0.5) is 8.78 Å². The van der Waals surface area contributed by atoms with Crippen LogP contribution >= 0.6 is 15.9 Å². The third-order valence-electron chi connectivity index (χ3n) is 2.66. The molecule has 0 aliphatic rings. The summed E-state index contributed by atoms with van der Waals surface area (Å²) in [5.74, 6) is -0.731. The average molecular weight is 312 g/mol. The van der Waals surface area contributed by atoms with Crippen LogP contribution in [0.3, 0.4) is 0 Å². The molecular weight excluding hydrogens is 300 g/mol. The van der Waals surface area contributed by atoms with Crippen molar-refractivity contribution in [2.45, 2.75) is 6.54 Å². The van der Waals surface area contributed by atoms with Crippen LogP contribution in [0.2, 0.25) is 0 Å². The number of benzene rings is 2. The first kappa shape index (κ1) is 13.2. The van der Waals surface area contributed by atoms with E-state index in [9.17, 15) is 8.78 Å². The lowest BCUT2D eigenvalue weighted by molar-refractivity contribution is 0.623. The quantitative estimate of drug-likeness (QED) is 0.899. The van der Waals surface area contributed by atoms with E-state index in [4.69, 9.17) is 0 Å². The van der Waals surface area contributed by atoms with Crippen molar-refractivity contribution >= 4 is 15.9 Å². The maximum Gasteiger partial charge on any atom is 0.131 e. The number of hydrogen-bond donors (Lipinski definition) is 1. The molecule has 0 saturated carbocycles. The molecule has 0 radical (unpaired) electrons. The second-order valence-electron chi connectivity index (χ2n) is 3.96. The van der Waals surface area contributed by atoms with E-state index < -0.39 is 0 Å². The molecule has 0 heterocycles. The third kappa shape index (κ3) is 2.76. The fourth-order valence-corrected chi connectivity index (χ4v) is 2.21. The van der Waals surface area contributed by atoms with Gasteiger partial charge in [-0.2, -0.15) is 0 Å². The first-order chi connectivity index (χ1) is 8.61. The highest BCUT2D eigenvalue weighted by atomic mass is 79.9. The molecular formula is C14H12BrF2N. The Morgan fingerprint density at radius 1 is 1.06 bits per heavy atom. The maximum atomic E-state index is 13.8. The monoisotopic (exact) mass is 311 g/mol. The Kier molecular flexibility index (Phi) is 4.09. The molecule has 18 heavy (non-hydrogen) atoms. The number of rotatable bonds is 3. The Balaban J connectivity index is 2.61. The minimum Gasteiger partial charge on any atom is -0.316 e. The van der Waals surface area contributed by atoms with Gasteiger partial charge in [0.2, 0.25) is 0 Å². The molecule has 0 unspecified atom stereocenters. The average Bonchev–Trinajstić information content (AvgIpc) is 2.35. The minimum atomic E-state index is -0.371. The van der Waals surface area contributed by atoms with Gasteiger partial charge in [0.1, 0.15) is 11.6 Å². The van der Waals surface area contributed by atoms with Gasteiger partial charge < -0.3 is 5.32 Å². The van der Waals surface area contributed by atoms with E-state index in [2.05, 4.69) is 21.2 Å². The highest BCUT2D eigenvalue weighted by Crippen LogP contribution is 2.29. The number of nitrogens with one attached hydrogen (secondary N) is 1. The van der Waals surface area contributed by atoms with Gasteiger partial charge in [0, 0.05) is 16.6 Å². The first-order valence-electron chi connectivity index (χ1n) is 5.50. The van der Waals surface area contributed by atoms with Crippen LogP contribution < -0.4 is 5.32 Å². The van der Waals surface area contributed by atoms with Crippen LogP contribution in [0.5, 0.6) is 0 Å². The van der Waals surface area contributed by atoms with Gasteiger partial charge in [-0.3, -0.25) is 0 Å². The largest absolute Gasteiger partial charge is 0.316 e. The van der Waals surface area contributed by atoms with Crippen LogP contribution in [-0.2, 0) is 6.54 Å². The predicted octanol–water partition coefficient (Wildman–Crippen LogP) is 4.11. The van der Waals surface area contributed by atoms with Gasteiger partial charge in [-0.25, -0.2) is 8.78 Å². The molecule has 0 atom stereocenters. The third-order valence-corrected chi connectivity index (χ3v) is 3.15. The van der Waals surface area contributed by atoms with Gasteiger partial charge in [0.25, 0.3) is 0 Å². The van der Waals surface area contributed by atoms with E-state index in [0.29, 0.717) is 17.7 Å². The lowest BCUT2D eigenvalue weighted by atomic mass is 9.99. The van der Waals surface area contributed by atoms with Gasteiger partial charge in [-0.15, -0.1) is 0 Å². The second-order valence-corrected chi connectivity index (χ2v) is 4.87. The zero-order valence-electron chi connectivity index (χ0n) is 9.81. The standard InChI is InChI=1S/C14H12BrF2N/c1-18-8-9-2-4-11(16)7-12(9)13-6-10(15)3-5-14(13)17/h2-7,18H,8H2,1H3. The van der Waals surface area contributed by atoms with Crippen molar-refractivity contribution in [3.05, 3.63) is 58.1 Å². The van der Waals surface area contributed by atoms with E-state index >= 15 is 0 Å². The summed E-state index contributed by atoms with van der Waals surface area (Å²) < 4.78 is 28.0. The summed E-state index contributed by atoms with van der Waals surface area (Å²) in [5, 5.41) is 2.99. The van der Waals surface area contributed by atoms with Crippen molar-refractivity contribution in [3.63, 3.8) is 0 Å². The van der Waals surface area contributed by atoms with Gasteiger partial charge in [0.05, 0.1) is 0 Å². The van der Waals surface area contributed by atoms with Crippen LogP contribution in [-0.4, -0.2) is 7.05 Å². The Hall–Kier alpha value is -1.26. The second kappa shape index (κ2) is 5.59. The smallest absolute Gasteiger partial charge is 0.131 e. The van der Waals surface area contributed by atoms with E-state index in [1.54, 1.807) is 25.2 Å². The lowest BCUT2D eigenvalue weighted by Crippen LogP contribution is -2.07. The Bertz CT molecular complexity index is 570. The molecule has 0 fully saturated rings. The predicted molar refractivity (Wildman–Crippen MR) is 72.3 cm³/mol. The summed E-state index contributed by atoms with van der Waals surface area (Å²) in [6.45, 7) is 0.557. The van der Waals surface area contributed by atoms with Crippen molar-refractivity contribution in [3.8, 4) is 11.1 Å². The number of halogens is 3. The summed E-state index contributed by atoms with van der Waals surface area (Å²) in [4.78, 5) is 0. The molecule has 0 amide bonds. The van der Waals surface area contributed by atoms with E-state index in [1.165, 1.54) is 18.2 Å². The fourth-order valence-electron chi connectivity index (χ4n) is 1.85. The van der Waals surface area contributed by atoms with Gasteiger partial charge in [-0.1, -0.05) is 22.0 Å². The molecule has 4 heteroatoms. The summed E-state index contributed by atoms with van der Waals surface area (Å²) >= 11 is 3.30. The Morgan fingerprint density at radius 3 is 2.56 bits per heavy atom. The molecule has 1 N–H and O–H groups in total. The van der Waals surface area contributed by atoms with Gasteiger partial charge in [0.15, 0.2) is 0 Å². The molecule has 0 aliphatic heterocycles. The summed E-state index contributed by atoms with van der Waals surface area (Å²) in [6, 6.07) is 9.05. The molecule has 2 aromatic rings. The first-order valence-corrected chi connectivity index (χ1v) is 6.29. The van der Waals surface area contributed by atoms with Crippen molar-refractivity contribution in [1.29, 1.82) is 0 Å². The maximum absolute atomic E-state index is 13.8. The van der Waals surface area contributed by atoms with Crippen molar-refractivity contribution in [2.75, 3.05) is 7.05 Å². The van der Waals surface area contributed by atoms with Crippen molar-refractivity contribution in [1.82, 2.24) is 5.32 Å². The van der Waals surface area contributed by atoms with Crippen molar-refractivity contribution < 1.29 is 8.78 Å². The highest BCUT2D eigenvalue weighted by Gasteiger charge is 2.11. The zero-order chi connectivity index (χ0) is 13.1. The molecule has 0 aliphatic carbocycles. The van der Waals surface area contributed by atoms with E-state index in [1.807, 2.05) is 0 Å².